The zero-order valence-corrected chi connectivity index (χ0v) is 13.2. The molecule has 1 aromatic heterocycles. The van der Waals surface area contributed by atoms with Gasteiger partial charge < -0.3 is 4.90 Å². The quantitative estimate of drug-likeness (QED) is 0.830. The molecule has 0 radical (unpaired) electrons. The van der Waals surface area contributed by atoms with Crippen molar-refractivity contribution in [3.63, 3.8) is 0 Å². The molecule has 0 aliphatic heterocycles. The molecular formula is C15H24ClN3. The van der Waals surface area contributed by atoms with Crippen molar-refractivity contribution in [3.05, 3.63) is 16.5 Å². The summed E-state index contributed by atoms with van der Waals surface area (Å²) < 4.78 is 0. The maximum absolute atomic E-state index is 6.34. The first kappa shape index (κ1) is 14.6. The minimum atomic E-state index is 0.552. The Balaban J connectivity index is 2.33. The van der Waals surface area contributed by atoms with E-state index in [-0.39, 0.29) is 0 Å². The molecule has 4 heteroatoms. The van der Waals surface area contributed by atoms with Crippen molar-refractivity contribution in [2.45, 2.75) is 59.4 Å². The summed E-state index contributed by atoms with van der Waals surface area (Å²) in [5.41, 5.74) is 1.90. The number of nitrogens with zero attached hydrogens (tertiary/aromatic N) is 3. The van der Waals surface area contributed by atoms with Gasteiger partial charge in [-0.1, -0.05) is 38.3 Å². The third-order valence-corrected chi connectivity index (χ3v) is 4.10. The Kier molecular flexibility index (Phi) is 4.67. The van der Waals surface area contributed by atoms with Gasteiger partial charge in [-0.25, -0.2) is 9.97 Å². The van der Waals surface area contributed by atoms with Crippen LogP contribution in [0.3, 0.4) is 0 Å². The van der Waals surface area contributed by atoms with E-state index < -0.39 is 0 Å². The van der Waals surface area contributed by atoms with Crippen LogP contribution in [0.25, 0.3) is 0 Å². The highest BCUT2D eigenvalue weighted by Gasteiger charge is 2.26. The third kappa shape index (κ3) is 3.38. The molecule has 2 rings (SSSR count). The Labute approximate surface area is 121 Å². The van der Waals surface area contributed by atoms with E-state index in [2.05, 4.69) is 23.7 Å². The first-order valence-electron chi connectivity index (χ1n) is 7.26. The molecule has 1 aliphatic rings. The molecule has 0 atom stereocenters. The largest absolute Gasteiger partial charge is 0.351 e. The standard InChI is InChI=1S/C15H24ClN3/c1-10(2)9-19(13-7-5-6-8-13)15-14(16)17-11(3)12(4)18-15/h10,13H,5-9H2,1-4H3. The molecule has 0 amide bonds. The van der Waals surface area contributed by atoms with Crippen LogP contribution in [0.5, 0.6) is 0 Å². The summed E-state index contributed by atoms with van der Waals surface area (Å²) >= 11 is 6.34. The SMILES string of the molecule is Cc1nc(Cl)c(N(CC(C)C)C2CCCC2)nc1C. The molecule has 1 fully saturated rings. The van der Waals surface area contributed by atoms with Crippen molar-refractivity contribution >= 4 is 17.4 Å². The predicted octanol–water partition coefficient (Wildman–Crippen LogP) is 4.15. The molecule has 106 valence electrons. The van der Waals surface area contributed by atoms with Gasteiger partial charge in [-0.3, -0.25) is 0 Å². The van der Waals surface area contributed by atoms with Gasteiger partial charge in [0.05, 0.1) is 11.4 Å². The lowest BCUT2D eigenvalue weighted by molar-refractivity contribution is 0.530. The van der Waals surface area contributed by atoms with Gasteiger partial charge in [0, 0.05) is 12.6 Å². The van der Waals surface area contributed by atoms with Crippen molar-refractivity contribution < 1.29 is 0 Å². The van der Waals surface area contributed by atoms with Gasteiger partial charge in [-0.15, -0.1) is 0 Å². The van der Waals surface area contributed by atoms with E-state index in [1.165, 1.54) is 25.7 Å². The molecular weight excluding hydrogens is 258 g/mol. The normalized spacial score (nSPS) is 16.3. The zero-order valence-electron chi connectivity index (χ0n) is 12.4. The number of hydrogen-bond donors (Lipinski definition) is 0. The molecule has 1 saturated carbocycles. The van der Waals surface area contributed by atoms with Gasteiger partial charge in [-0.2, -0.15) is 0 Å². The first-order chi connectivity index (χ1) is 8.99. The molecule has 0 saturated heterocycles. The fourth-order valence-corrected chi connectivity index (χ4v) is 3.04. The summed E-state index contributed by atoms with van der Waals surface area (Å²) in [7, 11) is 0. The second kappa shape index (κ2) is 6.08. The fourth-order valence-electron chi connectivity index (χ4n) is 2.76. The summed E-state index contributed by atoms with van der Waals surface area (Å²) in [5, 5.41) is 0.552. The maximum Gasteiger partial charge on any atom is 0.171 e. The van der Waals surface area contributed by atoms with Crippen molar-refractivity contribution in [1.29, 1.82) is 0 Å². The van der Waals surface area contributed by atoms with Gasteiger partial charge >= 0.3 is 0 Å². The van der Waals surface area contributed by atoms with Crippen LogP contribution in [-0.4, -0.2) is 22.6 Å². The number of aryl methyl sites for hydroxylation is 2. The van der Waals surface area contributed by atoms with Crippen LogP contribution in [-0.2, 0) is 0 Å². The molecule has 3 nitrogen and oxygen atoms in total. The molecule has 0 unspecified atom stereocenters. The van der Waals surface area contributed by atoms with E-state index in [1.54, 1.807) is 0 Å². The van der Waals surface area contributed by atoms with Crippen molar-refractivity contribution in [2.75, 3.05) is 11.4 Å². The molecule has 0 N–H and O–H groups in total. The summed E-state index contributed by atoms with van der Waals surface area (Å²) in [6.07, 6.45) is 5.12. The Hall–Kier alpha value is -0.830. The van der Waals surface area contributed by atoms with E-state index in [0.29, 0.717) is 17.1 Å². The fraction of sp³-hybridized carbons (Fsp3) is 0.733. The summed E-state index contributed by atoms with van der Waals surface area (Å²) in [6, 6.07) is 0.580. The Morgan fingerprint density at radius 2 is 1.74 bits per heavy atom. The Morgan fingerprint density at radius 1 is 1.16 bits per heavy atom. The molecule has 0 bridgehead atoms. The predicted molar refractivity (Wildman–Crippen MR) is 81.0 cm³/mol. The van der Waals surface area contributed by atoms with E-state index >= 15 is 0 Å². The number of aromatic nitrogens is 2. The van der Waals surface area contributed by atoms with Crippen LogP contribution in [0.15, 0.2) is 0 Å². The highest BCUT2D eigenvalue weighted by molar-refractivity contribution is 6.31. The van der Waals surface area contributed by atoms with E-state index in [9.17, 15) is 0 Å². The van der Waals surface area contributed by atoms with E-state index in [0.717, 1.165) is 23.8 Å². The average Bonchev–Trinajstić information content (AvgIpc) is 2.84. The van der Waals surface area contributed by atoms with Crippen LogP contribution in [0.2, 0.25) is 5.15 Å². The molecule has 1 aromatic rings. The van der Waals surface area contributed by atoms with Crippen molar-refractivity contribution in [2.24, 2.45) is 5.92 Å². The average molecular weight is 282 g/mol. The van der Waals surface area contributed by atoms with E-state index in [4.69, 9.17) is 16.6 Å². The topological polar surface area (TPSA) is 29.0 Å². The highest BCUT2D eigenvalue weighted by Crippen LogP contribution is 2.31. The second-order valence-electron chi connectivity index (χ2n) is 5.99. The van der Waals surface area contributed by atoms with E-state index in [1.807, 2.05) is 13.8 Å². The monoisotopic (exact) mass is 281 g/mol. The highest BCUT2D eigenvalue weighted by atomic mass is 35.5. The van der Waals surface area contributed by atoms with Crippen molar-refractivity contribution in [1.82, 2.24) is 9.97 Å². The Morgan fingerprint density at radius 3 is 2.32 bits per heavy atom. The van der Waals surface area contributed by atoms with Crippen LogP contribution in [0, 0.1) is 19.8 Å². The molecule has 19 heavy (non-hydrogen) atoms. The van der Waals surface area contributed by atoms with Crippen LogP contribution < -0.4 is 4.90 Å². The minimum absolute atomic E-state index is 0.552. The van der Waals surface area contributed by atoms with Gasteiger partial charge in [0.1, 0.15) is 0 Å². The molecule has 0 spiro atoms. The lowest BCUT2D eigenvalue weighted by Gasteiger charge is -2.32. The van der Waals surface area contributed by atoms with Crippen LogP contribution >= 0.6 is 11.6 Å². The second-order valence-corrected chi connectivity index (χ2v) is 6.35. The Bertz CT molecular complexity index is 439. The van der Waals surface area contributed by atoms with Crippen molar-refractivity contribution in [3.8, 4) is 0 Å². The van der Waals surface area contributed by atoms with Gasteiger partial charge in [0.25, 0.3) is 0 Å². The van der Waals surface area contributed by atoms with Crippen LogP contribution in [0.4, 0.5) is 5.82 Å². The lowest BCUT2D eigenvalue weighted by Crippen LogP contribution is -2.37. The van der Waals surface area contributed by atoms with Crippen LogP contribution in [0.1, 0.15) is 50.9 Å². The molecule has 0 aromatic carbocycles. The molecule has 1 aliphatic carbocycles. The number of anilines is 1. The smallest absolute Gasteiger partial charge is 0.171 e. The number of hydrogen-bond acceptors (Lipinski definition) is 3. The molecule has 1 heterocycles. The minimum Gasteiger partial charge on any atom is -0.351 e. The van der Waals surface area contributed by atoms with Gasteiger partial charge in [-0.05, 0) is 32.6 Å². The maximum atomic E-state index is 6.34. The summed E-state index contributed by atoms with van der Waals surface area (Å²) in [5.74, 6) is 1.48. The summed E-state index contributed by atoms with van der Waals surface area (Å²) in [4.78, 5) is 11.5. The third-order valence-electron chi connectivity index (χ3n) is 3.85. The number of halogens is 1. The zero-order chi connectivity index (χ0) is 14.0. The number of rotatable bonds is 4. The van der Waals surface area contributed by atoms with Gasteiger partial charge in [0.2, 0.25) is 0 Å². The first-order valence-corrected chi connectivity index (χ1v) is 7.64. The van der Waals surface area contributed by atoms with Gasteiger partial charge in [0.15, 0.2) is 11.0 Å². The lowest BCUT2D eigenvalue weighted by atomic mass is 10.1. The summed E-state index contributed by atoms with van der Waals surface area (Å²) in [6.45, 7) is 9.45.